The van der Waals surface area contributed by atoms with Gasteiger partial charge in [0.1, 0.15) is 0 Å². The molecule has 0 radical (unpaired) electrons. The zero-order valence-corrected chi connectivity index (χ0v) is 11.4. The van der Waals surface area contributed by atoms with E-state index in [0.717, 1.165) is 12.6 Å². The monoisotopic (exact) mass is 239 g/mol. The van der Waals surface area contributed by atoms with E-state index in [2.05, 4.69) is 12.2 Å². The van der Waals surface area contributed by atoms with Crippen LogP contribution in [0, 0.1) is 0 Å². The van der Waals surface area contributed by atoms with Gasteiger partial charge in [0.15, 0.2) is 0 Å². The van der Waals surface area contributed by atoms with E-state index in [0.29, 0.717) is 12.2 Å². The van der Waals surface area contributed by atoms with Crippen molar-refractivity contribution < 1.29 is 4.74 Å². The van der Waals surface area contributed by atoms with Crippen molar-refractivity contribution in [2.75, 3.05) is 6.54 Å². The summed E-state index contributed by atoms with van der Waals surface area (Å²) in [4.78, 5) is 0. The molecule has 0 aliphatic heterocycles. The first-order valence-electron chi connectivity index (χ1n) is 7.73. The molecule has 1 atom stereocenters. The maximum absolute atomic E-state index is 6.17. The van der Waals surface area contributed by atoms with E-state index in [9.17, 15) is 0 Å². The van der Waals surface area contributed by atoms with Gasteiger partial charge in [-0.3, -0.25) is 0 Å². The van der Waals surface area contributed by atoms with Gasteiger partial charge >= 0.3 is 0 Å². The van der Waals surface area contributed by atoms with Gasteiger partial charge in [-0.05, 0) is 32.6 Å². The summed E-state index contributed by atoms with van der Waals surface area (Å²) in [7, 11) is 0. The molecule has 1 unspecified atom stereocenters. The average molecular weight is 239 g/mol. The Morgan fingerprint density at radius 1 is 0.941 bits per heavy atom. The van der Waals surface area contributed by atoms with E-state index >= 15 is 0 Å². The highest BCUT2D eigenvalue weighted by Gasteiger charge is 2.18. The maximum Gasteiger partial charge on any atom is 0.0675 e. The fourth-order valence-corrected chi connectivity index (χ4v) is 3.22. The lowest BCUT2D eigenvalue weighted by molar-refractivity contribution is -0.00978. The van der Waals surface area contributed by atoms with Crippen molar-refractivity contribution in [3.8, 4) is 0 Å². The van der Waals surface area contributed by atoms with Crippen molar-refractivity contribution in [2.24, 2.45) is 0 Å². The first-order valence-corrected chi connectivity index (χ1v) is 7.73. The third-order valence-corrected chi connectivity index (χ3v) is 4.28. The molecular weight excluding hydrogens is 210 g/mol. The maximum atomic E-state index is 6.17. The SMILES string of the molecule is CC(CNC1CCCC1)OC1CCCCCC1. The third kappa shape index (κ3) is 4.97. The number of ether oxygens (including phenoxy) is 1. The van der Waals surface area contributed by atoms with Crippen molar-refractivity contribution in [3.63, 3.8) is 0 Å². The summed E-state index contributed by atoms with van der Waals surface area (Å²) >= 11 is 0. The van der Waals surface area contributed by atoms with Crippen molar-refractivity contribution in [2.45, 2.75) is 89.4 Å². The lowest BCUT2D eigenvalue weighted by Gasteiger charge is -2.23. The summed E-state index contributed by atoms with van der Waals surface area (Å²) in [5.74, 6) is 0. The molecule has 2 heteroatoms. The summed E-state index contributed by atoms with van der Waals surface area (Å²) in [6.45, 7) is 3.27. The van der Waals surface area contributed by atoms with Crippen LogP contribution in [0.3, 0.4) is 0 Å². The molecule has 2 aliphatic carbocycles. The van der Waals surface area contributed by atoms with Crippen LogP contribution >= 0.6 is 0 Å². The smallest absolute Gasteiger partial charge is 0.0675 e. The molecule has 2 rings (SSSR count). The molecule has 0 aromatic carbocycles. The number of hydrogen-bond donors (Lipinski definition) is 1. The fraction of sp³-hybridized carbons (Fsp3) is 1.00. The molecule has 0 heterocycles. The number of hydrogen-bond acceptors (Lipinski definition) is 2. The van der Waals surface area contributed by atoms with E-state index < -0.39 is 0 Å². The van der Waals surface area contributed by atoms with E-state index in [1.165, 1.54) is 64.2 Å². The Balaban J connectivity index is 1.59. The second-order valence-electron chi connectivity index (χ2n) is 5.95. The molecule has 0 spiro atoms. The predicted molar refractivity (Wildman–Crippen MR) is 72.3 cm³/mol. The second-order valence-corrected chi connectivity index (χ2v) is 5.95. The molecule has 100 valence electrons. The summed E-state index contributed by atoms with van der Waals surface area (Å²) in [5, 5.41) is 3.66. The van der Waals surface area contributed by atoms with Gasteiger partial charge in [-0.2, -0.15) is 0 Å². The number of nitrogens with one attached hydrogen (secondary N) is 1. The zero-order chi connectivity index (χ0) is 11.9. The molecular formula is C15H29NO. The Morgan fingerprint density at radius 3 is 2.18 bits per heavy atom. The molecule has 0 aromatic rings. The Labute approximate surface area is 107 Å². The minimum absolute atomic E-state index is 0.388. The van der Waals surface area contributed by atoms with Crippen molar-refractivity contribution in [1.29, 1.82) is 0 Å². The molecule has 0 amide bonds. The fourth-order valence-electron chi connectivity index (χ4n) is 3.22. The Morgan fingerprint density at radius 2 is 1.53 bits per heavy atom. The van der Waals surface area contributed by atoms with Crippen molar-refractivity contribution >= 4 is 0 Å². The Bertz CT molecular complexity index is 193. The molecule has 0 bridgehead atoms. The minimum atomic E-state index is 0.388. The van der Waals surface area contributed by atoms with Crippen LogP contribution in [0.1, 0.15) is 71.1 Å². The predicted octanol–water partition coefficient (Wildman–Crippen LogP) is 3.65. The van der Waals surface area contributed by atoms with Crippen LogP contribution in [0.5, 0.6) is 0 Å². The van der Waals surface area contributed by atoms with Crippen LogP contribution in [0.2, 0.25) is 0 Å². The topological polar surface area (TPSA) is 21.3 Å². The van der Waals surface area contributed by atoms with Gasteiger partial charge in [-0.15, -0.1) is 0 Å². The van der Waals surface area contributed by atoms with Gasteiger partial charge in [0, 0.05) is 12.6 Å². The van der Waals surface area contributed by atoms with Gasteiger partial charge in [-0.1, -0.05) is 38.5 Å². The lowest BCUT2D eigenvalue weighted by Crippen LogP contribution is -2.35. The molecule has 2 fully saturated rings. The van der Waals surface area contributed by atoms with Gasteiger partial charge in [0.25, 0.3) is 0 Å². The molecule has 1 N–H and O–H groups in total. The van der Waals surface area contributed by atoms with Gasteiger partial charge < -0.3 is 10.1 Å². The molecule has 2 nitrogen and oxygen atoms in total. The lowest BCUT2D eigenvalue weighted by atomic mass is 10.1. The molecule has 0 saturated heterocycles. The minimum Gasteiger partial charge on any atom is -0.374 e. The summed E-state index contributed by atoms with van der Waals surface area (Å²) in [5.41, 5.74) is 0. The number of rotatable bonds is 5. The van der Waals surface area contributed by atoms with Crippen LogP contribution < -0.4 is 5.32 Å². The summed E-state index contributed by atoms with van der Waals surface area (Å²) in [6.07, 6.45) is 14.6. The third-order valence-electron chi connectivity index (χ3n) is 4.28. The van der Waals surface area contributed by atoms with Gasteiger partial charge in [0.05, 0.1) is 12.2 Å². The van der Waals surface area contributed by atoms with E-state index in [1.807, 2.05) is 0 Å². The van der Waals surface area contributed by atoms with Crippen LogP contribution in [-0.4, -0.2) is 24.8 Å². The molecule has 17 heavy (non-hydrogen) atoms. The average Bonchev–Trinajstić information content (AvgIpc) is 2.72. The first-order chi connectivity index (χ1) is 8.34. The first kappa shape index (κ1) is 13.4. The highest BCUT2D eigenvalue weighted by atomic mass is 16.5. The van der Waals surface area contributed by atoms with Crippen LogP contribution in [0.15, 0.2) is 0 Å². The van der Waals surface area contributed by atoms with E-state index in [4.69, 9.17) is 4.74 Å². The highest BCUT2D eigenvalue weighted by Crippen LogP contribution is 2.21. The van der Waals surface area contributed by atoms with Gasteiger partial charge in [0.2, 0.25) is 0 Å². The molecule has 2 saturated carbocycles. The second kappa shape index (κ2) is 7.38. The summed E-state index contributed by atoms with van der Waals surface area (Å²) < 4.78 is 6.17. The largest absolute Gasteiger partial charge is 0.374 e. The van der Waals surface area contributed by atoms with Crippen LogP contribution in [-0.2, 0) is 4.74 Å². The standard InChI is InChI=1S/C15H29NO/c1-13(12-16-14-8-6-7-9-14)17-15-10-4-2-3-5-11-15/h13-16H,2-12H2,1H3. The van der Waals surface area contributed by atoms with Crippen LogP contribution in [0.25, 0.3) is 0 Å². The normalized spacial score (nSPS) is 25.9. The Hall–Kier alpha value is -0.0800. The van der Waals surface area contributed by atoms with E-state index in [-0.39, 0.29) is 0 Å². The summed E-state index contributed by atoms with van der Waals surface area (Å²) in [6, 6.07) is 0.773. The zero-order valence-electron chi connectivity index (χ0n) is 11.4. The van der Waals surface area contributed by atoms with Crippen LogP contribution in [0.4, 0.5) is 0 Å². The Kier molecular flexibility index (Phi) is 5.79. The quantitative estimate of drug-likeness (QED) is 0.739. The van der Waals surface area contributed by atoms with Crippen molar-refractivity contribution in [3.05, 3.63) is 0 Å². The van der Waals surface area contributed by atoms with E-state index in [1.54, 1.807) is 0 Å². The molecule has 0 aromatic heterocycles. The highest BCUT2D eigenvalue weighted by molar-refractivity contribution is 4.75. The van der Waals surface area contributed by atoms with Gasteiger partial charge in [-0.25, -0.2) is 0 Å². The van der Waals surface area contributed by atoms with Crippen molar-refractivity contribution in [1.82, 2.24) is 5.32 Å². The molecule has 2 aliphatic rings.